The highest BCUT2D eigenvalue weighted by Gasteiger charge is 2.10. The molecule has 0 bridgehead atoms. The molecule has 0 unspecified atom stereocenters. The van der Waals surface area contributed by atoms with E-state index in [2.05, 4.69) is 11.6 Å². The van der Waals surface area contributed by atoms with Gasteiger partial charge in [-0.3, -0.25) is 0 Å². The summed E-state index contributed by atoms with van der Waals surface area (Å²) < 4.78 is 0. The molecule has 0 radical (unpaired) electrons. The molecule has 1 rings (SSSR count). The molecule has 3 nitrogen and oxygen atoms in total. The molecule has 0 atom stereocenters. The molecular weight excluding hydrogens is 198 g/mol. The highest BCUT2D eigenvalue weighted by molar-refractivity contribution is 7.99. The Balaban J connectivity index is 3.02. The third-order valence-corrected chi connectivity index (χ3v) is 2.55. The molecule has 0 aliphatic carbocycles. The first-order valence-electron chi connectivity index (χ1n) is 4.09. The molecule has 4 heteroatoms. The van der Waals surface area contributed by atoms with E-state index in [0.29, 0.717) is 10.8 Å². The van der Waals surface area contributed by atoms with Crippen LogP contribution in [0, 0.1) is 6.92 Å². The fourth-order valence-corrected chi connectivity index (χ4v) is 1.74. The Morgan fingerprint density at radius 1 is 1.71 bits per heavy atom. The quantitative estimate of drug-likeness (QED) is 0.611. The van der Waals surface area contributed by atoms with Crippen LogP contribution in [0.2, 0.25) is 0 Å². The number of carboxylic acid groups (broad SMARTS) is 1. The number of aromatic nitrogens is 1. The van der Waals surface area contributed by atoms with E-state index < -0.39 is 5.97 Å². The largest absolute Gasteiger partial charge is 0.478 e. The first kappa shape index (κ1) is 10.8. The number of hydrogen-bond acceptors (Lipinski definition) is 3. The van der Waals surface area contributed by atoms with Crippen LogP contribution in [0.15, 0.2) is 29.8 Å². The standard InChI is InChI=1S/C10H11NO2S/c1-3-6-14-9-8(10(12)13)5-4-7(2)11-9/h3-5H,1,6H2,2H3,(H,12,13). The maximum absolute atomic E-state index is 10.8. The average Bonchev–Trinajstić information content (AvgIpc) is 2.14. The average molecular weight is 209 g/mol. The Kier molecular flexibility index (Phi) is 3.71. The maximum Gasteiger partial charge on any atom is 0.338 e. The smallest absolute Gasteiger partial charge is 0.338 e. The SMILES string of the molecule is C=CCSc1nc(C)ccc1C(=O)O. The predicted molar refractivity (Wildman–Crippen MR) is 56.9 cm³/mol. The summed E-state index contributed by atoms with van der Waals surface area (Å²) in [6.45, 7) is 5.41. The number of pyridine rings is 1. The van der Waals surface area contributed by atoms with Crippen molar-refractivity contribution in [2.45, 2.75) is 11.9 Å². The number of nitrogens with zero attached hydrogens (tertiary/aromatic N) is 1. The number of rotatable bonds is 4. The highest BCUT2D eigenvalue weighted by atomic mass is 32.2. The van der Waals surface area contributed by atoms with Crippen molar-refractivity contribution in [3.05, 3.63) is 36.0 Å². The zero-order valence-corrected chi connectivity index (χ0v) is 8.67. The highest BCUT2D eigenvalue weighted by Crippen LogP contribution is 2.20. The van der Waals surface area contributed by atoms with Crippen LogP contribution in [0.25, 0.3) is 0 Å². The number of aromatic carboxylic acids is 1. The minimum Gasteiger partial charge on any atom is -0.478 e. The summed E-state index contributed by atoms with van der Waals surface area (Å²) in [5.74, 6) is -0.277. The second kappa shape index (κ2) is 4.81. The Morgan fingerprint density at radius 2 is 2.43 bits per heavy atom. The molecule has 0 aromatic carbocycles. The summed E-state index contributed by atoms with van der Waals surface area (Å²) in [5, 5.41) is 9.43. The molecule has 0 amide bonds. The zero-order valence-electron chi connectivity index (χ0n) is 7.86. The minimum atomic E-state index is -0.941. The lowest BCUT2D eigenvalue weighted by molar-refractivity contribution is 0.0692. The summed E-state index contributed by atoms with van der Waals surface area (Å²) in [7, 11) is 0. The van der Waals surface area contributed by atoms with Gasteiger partial charge in [-0.25, -0.2) is 9.78 Å². The Bertz CT molecular complexity index is 363. The topological polar surface area (TPSA) is 50.2 Å². The summed E-state index contributed by atoms with van der Waals surface area (Å²) >= 11 is 1.38. The molecule has 1 N–H and O–H groups in total. The van der Waals surface area contributed by atoms with Crippen LogP contribution in [-0.4, -0.2) is 21.8 Å². The number of carbonyl (C=O) groups is 1. The summed E-state index contributed by atoms with van der Waals surface area (Å²) in [6.07, 6.45) is 1.72. The monoisotopic (exact) mass is 209 g/mol. The van der Waals surface area contributed by atoms with Gasteiger partial charge in [-0.1, -0.05) is 6.08 Å². The van der Waals surface area contributed by atoms with Gasteiger partial charge >= 0.3 is 5.97 Å². The van der Waals surface area contributed by atoms with Crippen LogP contribution in [-0.2, 0) is 0 Å². The van der Waals surface area contributed by atoms with E-state index in [9.17, 15) is 4.79 Å². The second-order valence-electron chi connectivity index (χ2n) is 2.71. The van der Waals surface area contributed by atoms with Crippen LogP contribution >= 0.6 is 11.8 Å². The van der Waals surface area contributed by atoms with Crippen molar-refractivity contribution >= 4 is 17.7 Å². The molecule has 0 aliphatic rings. The van der Waals surface area contributed by atoms with Crippen molar-refractivity contribution in [1.29, 1.82) is 0 Å². The molecule has 0 aliphatic heterocycles. The van der Waals surface area contributed by atoms with Gasteiger partial charge in [-0.15, -0.1) is 18.3 Å². The lowest BCUT2D eigenvalue weighted by atomic mass is 10.2. The van der Waals surface area contributed by atoms with Gasteiger partial charge in [0.1, 0.15) is 5.03 Å². The lowest BCUT2D eigenvalue weighted by Gasteiger charge is -2.03. The van der Waals surface area contributed by atoms with Crippen molar-refractivity contribution in [3.63, 3.8) is 0 Å². The first-order chi connectivity index (χ1) is 6.65. The van der Waals surface area contributed by atoms with Gasteiger partial charge < -0.3 is 5.11 Å². The van der Waals surface area contributed by atoms with Crippen LogP contribution in [0.4, 0.5) is 0 Å². The van der Waals surface area contributed by atoms with E-state index in [1.807, 2.05) is 6.92 Å². The Labute approximate surface area is 86.9 Å². The minimum absolute atomic E-state index is 0.252. The summed E-state index contributed by atoms with van der Waals surface area (Å²) in [6, 6.07) is 3.28. The number of aryl methyl sites for hydroxylation is 1. The lowest BCUT2D eigenvalue weighted by Crippen LogP contribution is -2.01. The molecule has 0 saturated heterocycles. The van der Waals surface area contributed by atoms with Crippen LogP contribution < -0.4 is 0 Å². The molecule has 1 aromatic heterocycles. The van der Waals surface area contributed by atoms with Crippen LogP contribution in [0.1, 0.15) is 16.1 Å². The molecule has 0 saturated carbocycles. The third-order valence-electron chi connectivity index (χ3n) is 1.57. The number of carboxylic acids is 1. The zero-order chi connectivity index (χ0) is 10.6. The molecule has 74 valence electrons. The van der Waals surface area contributed by atoms with E-state index in [0.717, 1.165) is 5.69 Å². The molecular formula is C10H11NO2S. The maximum atomic E-state index is 10.8. The van der Waals surface area contributed by atoms with E-state index >= 15 is 0 Å². The van der Waals surface area contributed by atoms with Gasteiger partial charge in [-0.05, 0) is 19.1 Å². The van der Waals surface area contributed by atoms with E-state index in [4.69, 9.17) is 5.11 Å². The second-order valence-corrected chi connectivity index (χ2v) is 3.72. The van der Waals surface area contributed by atoms with Crippen molar-refractivity contribution < 1.29 is 9.90 Å². The third kappa shape index (κ3) is 2.60. The summed E-state index contributed by atoms with van der Waals surface area (Å²) in [4.78, 5) is 15.0. The van der Waals surface area contributed by atoms with Crippen molar-refractivity contribution in [2.75, 3.05) is 5.75 Å². The van der Waals surface area contributed by atoms with Gasteiger partial charge in [0, 0.05) is 11.4 Å². The fraction of sp³-hybridized carbons (Fsp3) is 0.200. The normalized spacial score (nSPS) is 9.79. The van der Waals surface area contributed by atoms with Gasteiger partial charge in [0.2, 0.25) is 0 Å². The molecule has 0 spiro atoms. The predicted octanol–water partition coefficient (Wildman–Crippen LogP) is 2.37. The van der Waals surface area contributed by atoms with E-state index in [1.54, 1.807) is 18.2 Å². The van der Waals surface area contributed by atoms with Crippen molar-refractivity contribution in [1.82, 2.24) is 4.98 Å². The number of thioether (sulfide) groups is 1. The van der Waals surface area contributed by atoms with E-state index in [-0.39, 0.29) is 5.56 Å². The van der Waals surface area contributed by atoms with Crippen LogP contribution in [0.5, 0.6) is 0 Å². The number of hydrogen-bond donors (Lipinski definition) is 1. The molecule has 1 heterocycles. The Morgan fingerprint density at radius 3 is 3.00 bits per heavy atom. The van der Waals surface area contributed by atoms with Crippen molar-refractivity contribution in [3.8, 4) is 0 Å². The Hall–Kier alpha value is -1.29. The van der Waals surface area contributed by atoms with Gasteiger partial charge in [-0.2, -0.15) is 0 Å². The van der Waals surface area contributed by atoms with Gasteiger partial charge in [0.15, 0.2) is 0 Å². The van der Waals surface area contributed by atoms with E-state index in [1.165, 1.54) is 11.8 Å². The fourth-order valence-electron chi connectivity index (χ4n) is 0.944. The summed E-state index contributed by atoms with van der Waals surface area (Å²) in [5.41, 5.74) is 1.07. The van der Waals surface area contributed by atoms with Gasteiger partial charge in [0.25, 0.3) is 0 Å². The van der Waals surface area contributed by atoms with Crippen molar-refractivity contribution in [2.24, 2.45) is 0 Å². The first-order valence-corrected chi connectivity index (χ1v) is 5.08. The molecule has 0 fully saturated rings. The van der Waals surface area contributed by atoms with Crippen LogP contribution in [0.3, 0.4) is 0 Å². The molecule has 1 aromatic rings. The molecule has 14 heavy (non-hydrogen) atoms. The van der Waals surface area contributed by atoms with Gasteiger partial charge in [0.05, 0.1) is 5.56 Å².